The largest absolute Gasteiger partial charge is 0.451 e. The summed E-state index contributed by atoms with van der Waals surface area (Å²) in [4.78, 5) is 34.7. The van der Waals surface area contributed by atoms with E-state index in [1.165, 1.54) is 29.5 Å². The molecule has 0 saturated carbocycles. The lowest BCUT2D eigenvalue weighted by molar-refractivity contribution is -0.384. The van der Waals surface area contributed by atoms with Crippen molar-refractivity contribution in [2.75, 3.05) is 13.2 Å². The minimum Gasteiger partial charge on any atom is -0.451 e. The first kappa shape index (κ1) is 19.5. The predicted octanol–water partition coefficient (Wildman–Crippen LogP) is 3.63. The monoisotopic (exact) mass is 398 g/mol. The summed E-state index contributed by atoms with van der Waals surface area (Å²) in [5.74, 6) is -1.00. The van der Waals surface area contributed by atoms with Gasteiger partial charge in [0.2, 0.25) is 0 Å². The number of hydrogen-bond acceptors (Lipinski definition) is 6. The maximum Gasteiger partial charge on any atom is 0.348 e. The van der Waals surface area contributed by atoms with Crippen LogP contribution >= 0.6 is 11.3 Å². The normalized spacial score (nSPS) is 10.6. The van der Waals surface area contributed by atoms with Gasteiger partial charge in [0.05, 0.1) is 4.92 Å². The summed E-state index contributed by atoms with van der Waals surface area (Å²) in [6.07, 6.45) is 0.696. The summed E-state index contributed by atoms with van der Waals surface area (Å²) >= 11 is 1.17. The fraction of sp³-hybridized carbons (Fsp3) is 0.200. The van der Waals surface area contributed by atoms with Crippen LogP contribution in [0.5, 0.6) is 0 Å². The Morgan fingerprint density at radius 2 is 1.96 bits per heavy atom. The van der Waals surface area contributed by atoms with Gasteiger partial charge in [0.25, 0.3) is 11.6 Å². The molecule has 8 heteroatoms. The smallest absolute Gasteiger partial charge is 0.348 e. The first-order chi connectivity index (χ1) is 13.4. The average molecular weight is 398 g/mol. The van der Waals surface area contributed by atoms with Crippen LogP contribution < -0.4 is 5.32 Å². The number of esters is 1. The summed E-state index contributed by atoms with van der Waals surface area (Å²) in [6.45, 7) is 2.09. The average Bonchev–Trinajstić information content (AvgIpc) is 3.11. The Kier molecular flexibility index (Phi) is 6.00. The molecule has 7 nitrogen and oxygen atoms in total. The number of fused-ring (bicyclic) bond motifs is 1. The fourth-order valence-electron chi connectivity index (χ4n) is 2.73. The van der Waals surface area contributed by atoms with Crippen molar-refractivity contribution in [3.05, 3.63) is 74.6 Å². The number of amides is 1. The Hall–Kier alpha value is -3.26. The summed E-state index contributed by atoms with van der Waals surface area (Å²) in [5, 5.41) is 14.1. The molecule has 1 aromatic heterocycles. The molecule has 3 aromatic rings. The number of hydrogen-bond donors (Lipinski definition) is 1. The molecule has 0 aliphatic rings. The van der Waals surface area contributed by atoms with Crippen LogP contribution in [0.1, 0.15) is 20.8 Å². The molecule has 3 rings (SSSR count). The van der Waals surface area contributed by atoms with E-state index in [1.807, 2.05) is 31.2 Å². The highest BCUT2D eigenvalue weighted by Crippen LogP contribution is 2.29. The second-order valence-electron chi connectivity index (χ2n) is 6.19. The minimum atomic E-state index is -0.627. The number of benzene rings is 2. The van der Waals surface area contributed by atoms with Gasteiger partial charge < -0.3 is 10.1 Å². The first-order valence-electron chi connectivity index (χ1n) is 8.60. The third-order valence-electron chi connectivity index (χ3n) is 4.22. The number of nitro groups is 1. The maximum atomic E-state index is 12.2. The van der Waals surface area contributed by atoms with Gasteiger partial charge in [-0.3, -0.25) is 14.9 Å². The molecule has 0 fully saturated rings. The predicted molar refractivity (Wildman–Crippen MR) is 107 cm³/mol. The van der Waals surface area contributed by atoms with Crippen molar-refractivity contribution in [2.24, 2.45) is 0 Å². The van der Waals surface area contributed by atoms with Gasteiger partial charge in [-0.15, -0.1) is 11.3 Å². The van der Waals surface area contributed by atoms with E-state index < -0.39 is 10.9 Å². The molecule has 0 saturated heterocycles. The number of carbonyl (C=O) groups is 2. The zero-order chi connectivity index (χ0) is 20.1. The summed E-state index contributed by atoms with van der Waals surface area (Å²) in [6, 6.07) is 13.8. The second-order valence-corrected chi connectivity index (χ2v) is 7.28. The summed E-state index contributed by atoms with van der Waals surface area (Å²) in [5.41, 5.74) is 2.27. The number of aryl methyl sites for hydroxylation is 1. The highest BCUT2D eigenvalue weighted by atomic mass is 32.1. The molecule has 1 N–H and O–H groups in total. The molecule has 144 valence electrons. The molecule has 0 spiro atoms. The van der Waals surface area contributed by atoms with Crippen LogP contribution in [0.4, 0.5) is 5.69 Å². The van der Waals surface area contributed by atoms with E-state index in [0.29, 0.717) is 23.2 Å². The molecule has 0 bridgehead atoms. The fourth-order valence-corrected chi connectivity index (χ4v) is 3.66. The molecule has 0 aliphatic carbocycles. The zero-order valence-electron chi connectivity index (χ0n) is 15.1. The summed E-state index contributed by atoms with van der Waals surface area (Å²) < 4.78 is 5.79. The molecular formula is C20H18N2O5S. The molecule has 2 aromatic carbocycles. The third kappa shape index (κ3) is 4.72. The van der Waals surface area contributed by atoms with Crippen molar-refractivity contribution in [2.45, 2.75) is 13.3 Å². The number of thiophene rings is 1. The van der Waals surface area contributed by atoms with Crippen LogP contribution in [0, 0.1) is 17.0 Å². The Labute approximate surface area is 165 Å². The number of rotatable bonds is 7. The van der Waals surface area contributed by atoms with Gasteiger partial charge in [-0.25, -0.2) is 4.79 Å². The van der Waals surface area contributed by atoms with Crippen molar-refractivity contribution in [3.63, 3.8) is 0 Å². The number of nitrogens with zero attached hydrogens (tertiary/aromatic N) is 1. The van der Waals surface area contributed by atoms with E-state index in [2.05, 4.69) is 5.32 Å². The van der Waals surface area contributed by atoms with Crippen LogP contribution in [0.2, 0.25) is 0 Å². The molecule has 0 radical (unpaired) electrons. The first-order valence-corrected chi connectivity index (χ1v) is 9.42. The van der Waals surface area contributed by atoms with E-state index in [-0.39, 0.29) is 18.2 Å². The van der Waals surface area contributed by atoms with Crippen molar-refractivity contribution in [3.8, 4) is 0 Å². The lowest BCUT2D eigenvalue weighted by Gasteiger charge is -2.07. The van der Waals surface area contributed by atoms with Gasteiger partial charge in [-0.1, -0.05) is 24.3 Å². The quantitative estimate of drug-likeness (QED) is 0.372. The minimum absolute atomic E-state index is 0.0433. The number of nitrogens with one attached hydrogen (secondary N) is 1. The zero-order valence-corrected chi connectivity index (χ0v) is 16.0. The van der Waals surface area contributed by atoms with Crippen molar-refractivity contribution < 1.29 is 19.2 Å². The standard InChI is InChI=1S/C20H18N2O5S/c1-13-4-2-3-5-14(13)8-9-21-19(23)12-27-20(24)18-11-15-10-16(22(25)26)6-7-17(15)28-18/h2-7,10-11H,8-9,12H2,1H3,(H,21,23). The van der Waals surface area contributed by atoms with Gasteiger partial charge in [0, 0.05) is 28.8 Å². The van der Waals surface area contributed by atoms with E-state index in [1.54, 1.807) is 6.07 Å². The Bertz CT molecular complexity index is 1040. The van der Waals surface area contributed by atoms with Crippen LogP contribution in [0.25, 0.3) is 10.1 Å². The molecule has 28 heavy (non-hydrogen) atoms. The van der Waals surface area contributed by atoms with E-state index in [0.717, 1.165) is 15.8 Å². The lowest BCUT2D eigenvalue weighted by atomic mass is 10.1. The van der Waals surface area contributed by atoms with E-state index >= 15 is 0 Å². The second kappa shape index (κ2) is 8.62. The Morgan fingerprint density at radius 3 is 2.71 bits per heavy atom. The number of ether oxygens (including phenoxy) is 1. The molecule has 1 amide bonds. The topological polar surface area (TPSA) is 98.5 Å². The number of nitro benzene ring substituents is 1. The highest BCUT2D eigenvalue weighted by molar-refractivity contribution is 7.20. The molecule has 1 heterocycles. The van der Waals surface area contributed by atoms with Crippen molar-refractivity contribution >= 4 is 39.0 Å². The molecular weight excluding hydrogens is 380 g/mol. The number of carbonyl (C=O) groups excluding carboxylic acids is 2. The van der Waals surface area contributed by atoms with Gasteiger partial charge in [0.15, 0.2) is 6.61 Å². The van der Waals surface area contributed by atoms with Gasteiger partial charge >= 0.3 is 5.97 Å². The van der Waals surface area contributed by atoms with Crippen LogP contribution in [-0.4, -0.2) is 30.0 Å². The number of non-ortho nitro benzene ring substituents is 1. The molecule has 0 aliphatic heterocycles. The van der Waals surface area contributed by atoms with Gasteiger partial charge in [-0.05, 0) is 36.6 Å². The lowest BCUT2D eigenvalue weighted by Crippen LogP contribution is -2.30. The Balaban J connectivity index is 1.50. The SMILES string of the molecule is Cc1ccccc1CCNC(=O)COC(=O)c1cc2cc([N+](=O)[O-])ccc2s1. The van der Waals surface area contributed by atoms with E-state index in [9.17, 15) is 19.7 Å². The third-order valence-corrected chi connectivity index (χ3v) is 5.32. The van der Waals surface area contributed by atoms with Crippen molar-refractivity contribution in [1.82, 2.24) is 5.32 Å². The van der Waals surface area contributed by atoms with Crippen LogP contribution in [0.3, 0.4) is 0 Å². The Morgan fingerprint density at radius 1 is 1.18 bits per heavy atom. The van der Waals surface area contributed by atoms with E-state index in [4.69, 9.17) is 4.74 Å². The highest BCUT2D eigenvalue weighted by Gasteiger charge is 2.15. The van der Waals surface area contributed by atoms with Crippen LogP contribution in [-0.2, 0) is 16.0 Å². The maximum absolute atomic E-state index is 12.2. The summed E-state index contributed by atoms with van der Waals surface area (Å²) in [7, 11) is 0. The van der Waals surface area contributed by atoms with Gasteiger partial charge in [-0.2, -0.15) is 0 Å². The van der Waals surface area contributed by atoms with Crippen molar-refractivity contribution in [1.29, 1.82) is 0 Å². The van der Waals surface area contributed by atoms with Gasteiger partial charge in [0.1, 0.15) is 4.88 Å². The molecule has 0 unspecified atom stereocenters. The molecule has 0 atom stereocenters. The van der Waals surface area contributed by atoms with Crippen LogP contribution in [0.15, 0.2) is 48.5 Å².